The number of nitro groups is 1. The van der Waals surface area contributed by atoms with Gasteiger partial charge in [-0.3, -0.25) is 10.1 Å². The molecule has 1 aromatic rings. The summed E-state index contributed by atoms with van der Waals surface area (Å²) in [5.41, 5.74) is -0.323. The molecule has 1 rings (SSSR count). The lowest BCUT2D eigenvalue weighted by molar-refractivity contribution is -0.384. The topological polar surface area (TPSA) is 92.8 Å². The Morgan fingerprint density at radius 2 is 2.15 bits per heavy atom. The van der Waals surface area contributed by atoms with E-state index in [1.54, 1.807) is 0 Å². The lowest BCUT2D eigenvalue weighted by Gasteiger charge is -1.94. The van der Waals surface area contributed by atoms with Crippen molar-refractivity contribution in [3.8, 4) is 5.75 Å². The van der Waals surface area contributed by atoms with Crippen LogP contribution in [0.1, 0.15) is 0 Å². The van der Waals surface area contributed by atoms with Gasteiger partial charge < -0.3 is 5.11 Å². The second kappa shape index (κ2) is 3.46. The maximum atomic E-state index is 10.3. The van der Waals surface area contributed by atoms with E-state index in [9.17, 15) is 14.9 Å². The number of aliphatic imine (C=N–C) groups is 1. The largest absolute Gasteiger partial charge is 0.508 e. The number of carbonyl (C=O) groups excluding carboxylic acids is 1. The molecule has 0 aliphatic rings. The summed E-state index contributed by atoms with van der Waals surface area (Å²) in [4.78, 5) is 22.5. The van der Waals surface area contributed by atoms with Crippen LogP contribution < -0.4 is 0 Å². The molecular weight excluding hydrogens is 176 g/mol. The van der Waals surface area contributed by atoms with Crippen molar-refractivity contribution in [1.82, 2.24) is 0 Å². The van der Waals surface area contributed by atoms with Crippen LogP contribution in [-0.4, -0.2) is 16.1 Å². The van der Waals surface area contributed by atoms with E-state index in [1.807, 2.05) is 0 Å². The third-order valence-corrected chi connectivity index (χ3v) is 1.27. The van der Waals surface area contributed by atoms with Gasteiger partial charge in [-0.25, -0.2) is 4.79 Å². The monoisotopic (exact) mass is 180 g/mol. The van der Waals surface area contributed by atoms with Crippen LogP contribution in [0.25, 0.3) is 0 Å². The first-order valence-corrected chi connectivity index (χ1v) is 3.20. The number of phenolic OH excluding ortho intramolecular Hbond substituents is 1. The van der Waals surface area contributed by atoms with Gasteiger partial charge in [-0.2, -0.15) is 4.99 Å². The molecule has 0 aliphatic heterocycles. The number of hydrogen-bond donors (Lipinski definition) is 1. The Hall–Kier alpha value is -2.20. The molecule has 0 amide bonds. The fourth-order valence-electron chi connectivity index (χ4n) is 0.802. The molecule has 0 saturated heterocycles. The van der Waals surface area contributed by atoms with Crippen LogP contribution in [-0.2, 0) is 4.79 Å². The fourth-order valence-corrected chi connectivity index (χ4v) is 0.802. The lowest BCUT2D eigenvalue weighted by atomic mass is 10.2. The molecule has 0 fully saturated rings. The lowest BCUT2D eigenvalue weighted by Crippen LogP contribution is -1.86. The zero-order valence-electron chi connectivity index (χ0n) is 6.30. The molecular formula is C7H4N2O4. The Morgan fingerprint density at radius 3 is 2.69 bits per heavy atom. The summed E-state index contributed by atoms with van der Waals surface area (Å²) in [6.07, 6.45) is 1.22. The third kappa shape index (κ3) is 2.11. The van der Waals surface area contributed by atoms with E-state index in [0.29, 0.717) is 0 Å². The molecule has 0 bridgehead atoms. The molecule has 1 aromatic carbocycles. The van der Waals surface area contributed by atoms with Crippen molar-refractivity contribution < 1.29 is 14.8 Å². The molecule has 0 atom stereocenters. The van der Waals surface area contributed by atoms with E-state index < -0.39 is 4.92 Å². The minimum atomic E-state index is -0.691. The second-order valence-corrected chi connectivity index (χ2v) is 2.17. The average Bonchev–Trinajstić information content (AvgIpc) is 2.03. The Morgan fingerprint density at radius 1 is 1.46 bits per heavy atom. The summed E-state index contributed by atoms with van der Waals surface area (Å²) in [6.45, 7) is 0. The van der Waals surface area contributed by atoms with E-state index in [-0.39, 0.29) is 17.1 Å². The van der Waals surface area contributed by atoms with Crippen LogP contribution >= 0.6 is 0 Å². The van der Waals surface area contributed by atoms with Crippen LogP contribution in [0.2, 0.25) is 0 Å². The zero-order chi connectivity index (χ0) is 9.84. The van der Waals surface area contributed by atoms with Gasteiger partial charge >= 0.3 is 0 Å². The molecule has 0 spiro atoms. The molecule has 6 heteroatoms. The SMILES string of the molecule is O=C=Nc1cc(O)cc([N+](=O)[O-])c1. The van der Waals surface area contributed by atoms with Gasteiger partial charge in [0.25, 0.3) is 5.69 Å². The summed E-state index contributed by atoms with van der Waals surface area (Å²) in [5, 5.41) is 19.2. The van der Waals surface area contributed by atoms with Crippen molar-refractivity contribution in [3.63, 3.8) is 0 Å². The molecule has 0 heterocycles. The molecule has 0 radical (unpaired) electrons. The molecule has 0 aliphatic carbocycles. The summed E-state index contributed by atoms with van der Waals surface area (Å²) in [7, 11) is 0. The second-order valence-electron chi connectivity index (χ2n) is 2.17. The van der Waals surface area contributed by atoms with Crippen LogP contribution in [0.15, 0.2) is 23.2 Å². The normalized spacial score (nSPS) is 8.92. The number of nitro benzene ring substituents is 1. The van der Waals surface area contributed by atoms with E-state index in [4.69, 9.17) is 5.11 Å². The molecule has 0 saturated carbocycles. The van der Waals surface area contributed by atoms with Crippen LogP contribution in [0.3, 0.4) is 0 Å². The fraction of sp³-hybridized carbons (Fsp3) is 0. The number of aromatic hydroxyl groups is 1. The van der Waals surface area contributed by atoms with Gasteiger partial charge in [0, 0.05) is 12.1 Å². The average molecular weight is 180 g/mol. The van der Waals surface area contributed by atoms with Gasteiger partial charge in [-0.05, 0) is 0 Å². The quantitative estimate of drug-likeness (QED) is 0.321. The summed E-state index contributed by atoms with van der Waals surface area (Å²) < 4.78 is 0. The molecule has 66 valence electrons. The minimum Gasteiger partial charge on any atom is -0.508 e. The van der Waals surface area contributed by atoms with E-state index >= 15 is 0 Å². The van der Waals surface area contributed by atoms with Crippen molar-refractivity contribution in [3.05, 3.63) is 28.3 Å². The van der Waals surface area contributed by atoms with Crippen molar-refractivity contribution >= 4 is 17.5 Å². The Bertz CT molecular complexity index is 375. The van der Waals surface area contributed by atoms with E-state index in [0.717, 1.165) is 18.2 Å². The number of hydrogen-bond acceptors (Lipinski definition) is 5. The molecule has 0 unspecified atom stereocenters. The van der Waals surface area contributed by atoms with Gasteiger partial charge in [0.15, 0.2) is 0 Å². The first-order valence-electron chi connectivity index (χ1n) is 3.20. The highest BCUT2D eigenvalue weighted by Gasteiger charge is 2.08. The smallest absolute Gasteiger partial charge is 0.275 e. The standard InChI is InChI=1S/C7H4N2O4/c10-4-8-5-1-6(9(12)13)3-7(11)2-5/h1-3,11H. The van der Waals surface area contributed by atoms with Gasteiger partial charge in [-0.1, -0.05) is 0 Å². The molecule has 1 N–H and O–H groups in total. The van der Waals surface area contributed by atoms with Crippen molar-refractivity contribution in [2.75, 3.05) is 0 Å². The van der Waals surface area contributed by atoms with Crippen LogP contribution in [0, 0.1) is 10.1 Å². The molecule has 6 nitrogen and oxygen atoms in total. The summed E-state index contributed by atoms with van der Waals surface area (Å²) >= 11 is 0. The summed E-state index contributed by atoms with van der Waals surface area (Å²) in [5.74, 6) is -0.316. The maximum Gasteiger partial charge on any atom is 0.275 e. The highest BCUT2D eigenvalue weighted by atomic mass is 16.6. The number of benzene rings is 1. The maximum absolute atomic E-state index is 10.3. The number of non-ortho nitro benzene ring substituents is 1. The van der Waals surface area contributed by atoms with Gasteiger partial charge in [0.05, 0.1) is 16.7 Å². The first kappa shape index (κ1) is 8.89. The Labute approximate surface area is 72.3 Å². The zero-order valence-corrected chi connectivity index (χ0v) is 6.30. The highest BCUT2D eigenvalue weighted by molar-refractivity contribution is 5.56. The van der Waals surface area contributed by atoms with Crippen molar-refractivity contribution in [2.24, 2.45) is 4.99 Å². The van der Waals surface area contributed by atoms with Crippen LogP contribution in [0.5, 0.6) is 5.75 Å². The van der Waals surface area contributed by atoms with Gasteiger partial charge in [-0.15, -0.1) is 0 Å². The highest BCUT2D eigenvalue weighted by Crippen LogP contribution is 2.26. The molecule has 13 heavy (non-hydrogen) atoms. The number of phenols is 1. The van der Waals surface area contributed by atoms with Crippen molar-refractivity contribution in [1.29, 1.82) is 0 Å². The first-order chi connectivity index (χ1) is 6.13. The van der Waals surface area contributed by atoms with Gasteiger partial charge in [0.1, 0.15) is 5.75 Å². The van der Waals surface area contributed by atoms with E-state index in [1.165, 1.54) is 6.08 Å². The van der Waals surface area contributed by atoms with Gasteiger partial charge in [0.2, 0.25) is 6.08 Å². The van der Waals surface area contributed by atoms with Crippen LogP contribution in [0.4, 0.5) is 11.4 Å². The predicted molar refractivity (Wildman–Crippen MR) is 42.5 cm³/mol. The minimum absolute atomic E-state index is 0.00157. The van der Waals surface area contributed by atoms with E-state index in [2.05, 4.69) is 4.99 Å². The Kier molecular flexibility index (Phi) is 2.37. The number of isocyanates is 1. The predicted octanol–water partition coefficient (Wildman–Crippen LogP) is 1.27. The number of nitrogens with zero attached hydrogens (tertiary/aromatic N) is 2. The molecule has 0 aromatic heterocycles. The number of rotatable bonds is 2. The summed E-state index contributed by atoms with van der Waals surface area (Å²) in [6, 6.07) is 3.15. The third-order valence-electron chi connectivity index (χ3n) is 1.27. The Balaban J connectivity index is 3.26. The van der Waals surface area contributed by atoms with Crippen molar-refractivity contribution in [2.45, 2.75) is 0 Å².